The smallest absolute Gasteiger partial charge is 0.338 e. The van der Waals surface area contributed by atoms with Crippen molar-refractivity contribution in [1.82, 2.24) is 0 Å². The van der Waals surface area contributed by atoms with Crippen LogP contribution >= 0.6 is 30.7 Å². The highest BCUT2D eigenvalue weighted by Crippen LogP contribution is 2.45. The number of rotatable bonds is 9. The summed E-state index contributed by atoms with van der Waals surface area (Å²) < 4.78 is 23.9. The molecular formula is C18H22Cl2NO3P. The maximum Gasteiger partial charge on any atom is 0.338 e. The molecule has 0 aromatic heterocycles. The Morgan fingerprint density at radius 2 is 1.80 bits per heavy atom. The summed E-state index contributed by atoms with van der Waals surface area (Å²) in [5, 5.41) is 3.70. The number of ether oxygens (including phenoxy) is 1. The molecule has 0 radical (unpaired) electrons. The summed E-state index contributed by atoms with van der Waals surface area (Å²) in [5.41, 5.74) is 0.678. The van der Waals surface area contributed by atoms with E-state index in [1.165, 1.54) is 6.66 Å². The van der Waals surface area contributed by atoms with Crippen LogP contribution in [0.15, 0.2) is 42.5 Å². The predicted molar refractivity (Wildman–Crippen MR) is 106 cm³/mol. The maximum absolute atomic E-state index is 12.7. The van der Waals surface area contributed by atoms with Crippen molar-refractivity contribution in [2.24, 2.45) is 0 Å². The average Bonchev–Trinajstić information content (AvgIpc) is 2.55. The van der Waals surface area contributed by atoms with Crippen molar-refractivity contribution in [3.05, 3.63) is 52.5 Å². The summed E-state index contributed by atoms with van der Waals surface area (Å²) in [4.78, 5) is 0. The van der Waals surface area contributed by atoms with E-state index in [4.69, 9.17) is 32.5 Å². The van der Waals surface area contributed by atoms with Gasteiger partial charge in [0.15, 0.2) is 0 Å². The van der Waals surface area contributed by atoms with Crippen molar-refractivity contribution in [2.75, 3.05) is 18.4 Å². The van der Waals surface area contributed by atoms with Crippen LogP contribution in [0.4, 0.5) is 5.69 Å². The molecule has 0 saturated carbocycles. The summed E-state index contributed by atoms with van der Waals surface area (Å²) in [5.74, 6) is 1.11. The van der Waals surface area contributed by atoms with E-state index in [0.29, 0.717) is 28.1 Å². The van der Waals surface area contributed by atoms with Gasteiger partial charge in [0.1, 0.15) is 11.5 Å². The topological polar surface area (TPSA) is 47.6 Å². The lowest BCUT2D eigenvalue weighted by atomic mass is 10.2. The van der Waals surface area contributed by atoms with Gasteiger partial charge in [-0.3, -0.25) is 4.57 Å². The summed E-state index contributed by atoms with van der Waals surface area (Å²) in [6, 6.07) is 12.1. The second-order valence-corrected chi connectivity index (χ2v) is 8.65. The van der Waals surface area contributed by atoms with Crippen LogP contribution in [0.2, 0.25) is 10.0 Å². The van der Waals surface area contributed by atoms with E-state index in [2.05, 4.69) is 12.0 Å². The lowest BCUT2D eigenvalue weighted by molar-refractivity contribution is 0.306. The molecule has 7 heteroatoms. The molecule has 0 saturated heterocycles. The van der Waals surface area contributed by atoms with E-state index in [0.717, 1.165) is 25.0 Å². The lowest BCUT2D eigenvalue weighted by Gasteiger charge is -2.18. The largest absolute Gasteiger partial charge is 0.494 e. The molecule has 2 aromatic rings. The van der Waals surface area contributed by atoms with Gasteiger partial charge < -0.3 is 14.3 Å². The number of benzene rings is 2. The molecule has 0 amide bonds. The molecule has 0 spiro atoms. The molecule has 0 unspecified atom stereocenters. The molecule has 0 bridgehead atoms. The molecule has 1 N–H and O–H groups in total. The molecule has 2 aromatic carbocycles. The van der Waals surface area contributed by atoms with E-state index >= 15 is 0 Å². The predicted octanol–water partition coefficient (Wildman–Crippen LogP) is 6.88. The molecule has 136 valence electrons. The molecule has 2 rings (SSSR count). The number of halogens is 2. The third-order valence-electron chi connectivity index (χ3n) is 3.37. The monoisotopic (exact) mass is 401 g/mol. The molecule has 1 atom stereocenters. The van der Waals surface area contributed by atoms with Crippen LogP contribution in [0.25, 0.3) is 0 Å². The number of nitrogens with one attached hydrogen (secondary N) is 1. The second kappa shape index (κ2) is 9.38. The fraction of sp³-hybridized carbons (Fsp3) is 0.333. The number of anilines is 1. The number of hydrogen-bond donors (Lipinski definition) is 1. The van der Waals surface area contributed by atoms with Gasteiger partial charge in [0.05, 0.1) is 11.6 Å². The first-order valence-electron chi connectivity index (χ1n) is 8.13. The van der Waals surface area contributed by atoms with Crippen LogP contribution in [-0.2, 0) is 4.57 Å². The Kier molecular flexibility index (Phi) is 7.49. The SMILES string of the molecule is CCCCCOc1ccc(N[P@@](C)(=O)Oc2ccc(Cl)cc2Cl)cc1. The Morgan fingerprint density at radius 3 is 2.44 bits per heavy atom. The van der Waals surface area contributed by atoms with Crippen molar-refractivity contribution < 1.29 is 13.8 Å². The molecule has 0 aliphatic rings. The fourth-order valence-corrected chi connectivity index (χ4v) is 3.86. The highest BCUT2D eigenvalue weighted by molar-refractivity contribution is 7.60. The van der Waals surface area contributed by atoms with E-state index in [9.17, 15) is 4.57 Å². The molecule has 0 aliphatic heterocycles. The van der Waals surface area contributed by atoms with Gasteiger partial charge in [-0.05, 0) is 48.9 Å². The van der Waals surface area contributed by atoms with E-state index in [1.807, 2.05) is 12.1 Å². The van der Waals surface area contributed by atoms with E-state index in [-0.39, 0.29) is 0 Å². The lowest BCUT2D eigenvalue weighted by Crippen LogP contribution is -2.03. The normalized spacial score (nSPS) is 13.1. The van der Waals surface area contributed by atoms with Crippen LogP contribution in [0, 0.1) is 0 Å². The van der Waals surface area contributed by atoms with Crippen LogP contribution in [0.5, 0.6) is 11.5 Å². The van der Waals surface area contributed by atoms with E-state index < -0.39 is 7.52 Å². The first-order chi connectivity index (χ1) is 11.9. The summed E-state index contributed by atoms with van der Waals surface area (Å²) >= 11 is 11.9. The Morgan fingerprint density at radius 1 is 1.08 bits per heavy atom. The third-order valence-corrected chi connectivity index (χ3v) is 5.11. The first kappa shape index (κ1) is 20.0. The van der Waals surface area contributed by atoms with Crippen molar-refractivity contribution in [3.8, 4) is 11.5 Å². The van der Waals surface area contributed by atoms with Crippen LogP contribution in [0.3, 0.4) is 0 Å². The van der Waals surface area contributed by atoms with Crippen LogP contribution in [0.1, 0.15) is 26.2 Å². The maximum atomic E-state index is 12.7. The van der Waals surface area contributed by atoms with Gasteiger partial charge in [0.2, 0.25) is 0 Å². The highest BCUT2D eigenvalue weighted by atomic mass is 35.5. The van der Waals surface area contributed by atoms with Gasteiger partial charge in [-0.1, -0.05) is 43.0 Å². The van der Waals surface area contributed by atoms with Gasteiger partial charge in [-0.2, -0.15) is 0 Å². The quantitative estimate of drug-likeness (QED) is 0.367. The van der Waals surface area contributed by atoms with Gasteiger partial charge in [-0.15, -0.1) is 0 Å². The summed E-state index contributed by atoms with van der Waals surface area (Å²) in [7, 11) is -3.14. The molecule has 4 nitrogen and oxygen atoms in total. The third kappa shape index (κ3) is 6.81. The van der Waals surface area contributed by atoms with Gasteiger partial charge in [0.25, 0.3) is 0 Å². The Balaban J connectivity index is 1.94. The molecule has 0 fully saturated rings. The highest BCUT2D eigenvalue weighted by Gasteiger charge is 2.19. The first-order valence-corrected chi connectivity index (χ1v) is 11.0. The Hall–Kier alpha value is -1.35. The minimum absolute atomic E-state index is 0.312. The molecular weight excluding hydrogens is 380 g/mol. The Labute approximate surface area is 158 Å². The van der Waals surface area contributed by atoms with Crippen molar-refractivity contribution in [2.45, 2.75) is 26.2 Å². The van der Waals surface area contributed by atoms with Gasteiger partial charge in [0, 0.05) is 17.4 Å². The van der Waals surface area contributed by atoms with Gasteiger partial charge in [-0.25, -0.2) is 0 Å². The number of unbranched alkanes of at least 4 members (excludes halogenated alkanes) is 2. The zero-order valence-electron chi connectivity index (χ0n) is 14.3. The zero-order valence-corrected chi connectivity index (χ0v) is 16.7. The zero-order chi connectivity index (χ0) is 18.3. The number of hydrogen-bond acceptors (Lipinski definition) is 3. The minimum atomic E-state index is -3.14. The second-order valence-electron chi connectivity index (χ2n) is 5.70. The minimum Gasteiger partial charge on any atom is -0.494 e. The standard InChI is InChI=1S/C18H22Cl2NO3P/c1-3-4-5-12-23-16-9-7-15(8-10-16)21-25(2,22)24-18-11-6-14(19)13-17(18)20/h6-11,13H,3-5,12H2,1-2H3,(H,21,22)/t25-/m0/s1. The van der Waals surface area contributed by atoms with Crippen molar-refractivity contribution in [3.63, 3.8) is 0 Å². The molecule has 0 aliphatic carbocycles. The molecule has 25 heavy (non-hydrogen) atoms. The molecule has 0 heterocycles. The van der Waals surface area contributed by atoms with Crippen molar-refractivity contribution >= 4 is 36.4 Å². The van der Waals surface area contributed by atoms with Crippen LogP contribution < -0.4 is 14.3 Å². The van der Waals surface area contributed by atoms with Gasteiger partial charge >= 0.3 is 7.52 Å². The van der Waals surface area contributed by atoms with Crippen LogP contribution in [-0.4, -0.2) is 13.3 Å². The summed E-state index contributed by atoms with van der Waals surface area (Å²) in [6.45, 7) is 4.35. The van der Waals surface area contributed by atoms with E-state index in [1.54, 1.807) is 30.3 Å². The fourth-order valence-electron chi connectivity index (χ4n) is 2.16. The van der Waals surface area contributed by atoms with Crippen molar-refractivity contribution in [1.29, 1.82) is 0 Å². The summed E-state index contributed by atoms with van der Waals surface area (Å²) in [6.07, 6.45) is 3.36. The average molecular weight is 402 g/mol. The Bertz CT molecular complexity index is 738.